The molecular weight excluding hydrogens is 998 g/mol. The van der Waals surface area contributed by atoms with Crippen LogP contribution >= 0.6 is 23.2 Å². The smallest absolute Gasteiger partial charge is 0.325 e. The standard InChI is InChI=1S/C57H57Cl2N7O9/c1-34(2)74-56(69)42(29-67)13-12-41-16-50(59)55(19-54(41)72-32-40-15-38(21-61)23-63-25-40)73-33-43-8-6-9-46(36(43)5)47-10-7-11-52-48(47)27-65-66(52)28-45-18-53(71-31-39-14-37(20-60)22-62-24-39)44(17-49(45)58)26-64-51(30-68)57(70)75-35(3)4/h6-11,14-19,22-25,27,34-35,42,51,64,67-68H,12-13,26,28-33H2,1-5H3/t42-,51-/m0/s1. The molecule has 7 rings (SSSR count). The van der Waals surface area contributed by atoms with Crippen LogP contribution in [0.2, 0.25) is 10.0 Å². The number of benzene rings is 4. The Hall–Kier alpha value is -7.57. The number of hydrogen-bond donors (Lipinski definition) is 3. The maximum atomic E-state index is 12.7. The molecule has 0 unspecified atom stereocenters. The molecule has 388 valence electrons. The summed E-state index contributed by atoms with van der Waals surface area (Å²) in [5, 5.41) is 48.5. The van der Waals surface area contributed by atoms with Crippen molar-refractivity contribution in [2.75, 3.05) is 13.2 Å². The van der Waals surface area contributed by atoms with Crippen LogP contribution in [0.1, 0.15) is 84.2 Å². The summed E-state index contributed by atoms with van der Waals surface area (Å²) in [5.74, 6) is -0.539. The summed E-state index contributed by atoms with van der Waals surface area (Å²) in [4.78, 5) is 33.7. The summed E-state index contributed by atoms with van der Waals surface area (Å²) in [6, 6.07) is 25.6. The first kappa shape index (κ1) is 55.2. The zero-order valence-electron chi connectivity index (χ0n) is 42.2. The highest BCUT2D eigenvalue weighted by atomic mass is 35.5. The minimum atomic E-state index is -0.986. The molecule has 0 amide bonds. The summed E-state index contributed by atoms with van der Waals surface area (Å²) >= 11 is 13.9. The highest BCUT2D eigenvalue weighted by Gasteiger charge is 2.24. The van der Waals surface area contributed by atoms with Gasteiger partial charge in [-0.1, -0.05) is 53.5 Å². The number of nitrogens with zero attached hydrogens (tertiary/aromatic N) is 6. The number of rotatable bonds is 24. The average molecular weight is 1060 g/mol. The normalized spacial score (nSPS) is 12.0. The van der Waals surface area contributed by atoms with E-state index in [2.05, 4.69) is 27.4 Å². The van der Waals surface area contributed by atoms with Gasteiger partial charge in [0, 0.05) is 64.5 Å². The lowest BCUT2D eigenvalue weighted by atomic mass is 9.94. The van der Waals surface area contributed by atoms with Crippen LogP contribution in [-0.4, -0.2) is 73.4 Å². The fourth-order valence-corrected chi connectivity index (χ4v) is 8.74. The zero-order chi connectivity index (χ0) is 53.6. The second-order valence-corrected chi connectivity index (χ2v) is 19.1. The fraction of sp³-hybridized carbons (Fsp3) is 0.316. The predicted molar refractivity (Wildman–Crippen MR) is 282 cm³/mol. The first-order valence-corrected chi connectivity index (χ1v) is 25.0. The van der Waals surface area contributed by atoms with E-state index in [1.807, 2.05) is 60.3 Å². The molecule has 75 heavy (non-hydrogen) atoms. The molecule has 7 aromatic rings. The van der Waals surface area contributed by atoms with Crippen molar-refractivity contribution in [2.45, 2.75) is 98.6 Å². The van der Waals surface area contributed by atoms with Crippen LogP contribution in [0, 0.1) is 35.5 Å². The number of aliphatic hydroxyl groups excluding tert-OH is 2. The van der Waals surface area contributed by atoms with Crippen molar-refractivity contribution in [2.24, 2.45) is 5.92 Å². The van der Waals surface area contributed by atoms with Gasteiger partial charge < -0.3 is 33.9 Å². The number of ether oxygens (including phenoxy) is 5. The maximum Gasteiger partial charge on any atom is 0.325 e. The number of carbonyl (C=O) groups is 2. The van der Waals surface area contributed by atoms with Gasteiger partial charge in [-0.3, -0.25) is 29.6 Å². The molecule has 0 fully saturated rings. The van der Waals surface area contributed by atoms with Crippen LogP contribution in [0.15, 0.2) is 104 Å². The van der Waals surface area contributed by atoms with Gasteiger partial charge in [0.05, 0.1) is 65.7 Å². The summed E-state index contributed by atoms with van der Waals surface area (Å²) in [6.45, 7) is 8.87. The molecule has 0 aliphatic heterocycles. The van der Waals surface area contributed by atoms with E-state index in [1.165, 1.54) is 12.4 Å². The number of pyridine rings is 2. The van der Waals surface area contributed by atoms with Crippen molar-refractivity contribution < 1.29 is 43.5 Å². The highest BCUT2D eigenvalue weighted by Crippen LogP contribution is 2.38. The van der Waals surface area contributed by atoms with E-state index in [0.29, 0.717) is 72.7 Å². The predicted octanol–water partition coefficient (Wildman–Crippen LogP) is 9.53. The van der Waals surface area contributed by atoms with Crippen molar-refractivity contribution in [1.82, 2.24) is 25.1 Å². The number of nitrogens with one attached hydrogen (secondary N) is 1. The third kappa shape index (κ3) is 14.4. The first-order chi connectivity index (χ1) is 36.2. The lowest BCUT2D eigenvalue weighted by molar-refractivity contribution is -0.154. The molecule has 18 heteroatoms. The Labute approximate surface area is 445 Å². The molecule has 0 saturated heterocycles. The Kier molecular flexibility index (Phi) is 19.2. The van der Waals surface area contributed by atoms with E-state index in [9.17, 15) is 30.3 Å². The van der Waals surface area contributed by atoms with Crippen LogP contribution < -0.4 is 19.5 Å². The zero-order valence-corrected chi connectivity index (χ0v) is 43.7. The van der Waals surface area contributed by atoms with Gasteiger partial charge in [0.25, 0.3) is 0 Å². The van der Waals surface area contributed by atoms with E-state index < -0.39 is 30.5 Å². The monoisotopic (exact) mass is 1050 g/mol. The number of hydrogen-bond acceptors (Lipinski definition) is 15. The molecule has 3 aromatic heterocycles. The van der Waals surface area contributed by atoms with Crippen molar-refractivity contribution in [3.63, 3.8) is 0 Å². The lowest BCUT2D eigenvalue weighted by Crippen LogP contribution is -2.41. The molecule has 0 radical (unpaired) electrons. The van der Waals surface area contributed by atoms with Crippen molar-refractivity contribution >= 4 is 46.0 Å². The van der Waals surface area contributed by atoms with Gasteiger partial charge in [-0.15, -0.1) is 0 Å². The summed E-state index contributed by atoms with van der Waals surface area (Å²) in [5.41, 5.74) is 8.79. The topological polar surface area (TPSA) is 224 Å². The molecule has 3 heterocycles. The molecule has 0 saturated carbocycles. The maximum absolute atomic E-state index is 12.7. The van der Waals surface area contributed by atoms with Gasteiger partial charge in [-0.05, 0) is 117 Å². The SMILES string of the molecule is Cc1c(COc2cc(OCc3cncc(C#N)c3)c(CC[C@@H](CO)C(=O)OC(C)C)cc2Cl)cccc1-c1cccc2c1cnn2Cc1cc(OCc2cncc(C#N)c2)c(CN[C@@H](CO)C(=O)OC(C)C)cc1Cl. The lowest BCUT2D eigenvalue weighted by Gasteiger charge is -2.20. The van der Waals surface area contributed by atoms with Gasteiger partial charge in [0.2, 0.25) is 0 Å². The number of aliphatic hydroxyl groups is 2. The van der Waals surface area contributed by atoms with E-state index in [-0.39, 0.29) is 58.1 Å². The van der Waals surface area contributed by atoms with Gasteiger partial charge in [-0.2, -0.15) is 15.6 Å². The minimum Gasteiger partial charge on any atom is -0.489 e. The van der Waals surface area contributed by atoms with Crippen LogP contribution in [-0.2, 0) is 58.4 Å². The first-order valence-electron chi connectivity index (χ1n) is 24.3. The number of halogens is 2. The Morgan fingerprint density at radius 3 is 1.93 bits per heavy atom. The van der Waals surface area contributed by atoms with Gasteiger partial charge in [0.1, 0.15) is 55.2 Å². The number of nitriles is 2. The summed E-state index contributed by atoms with van der Waals surface area (Å²) in [6.07, 6.45) is 7.92. The third-order valence-corrected chi connectivity index (χ3v) is 12.8. The summed E-state index contributed by atoms with van der Waals surface area (Å²) < 4.78 is 31.6. The number of aromatic nitrogens is 4. The Morgan fingerprint density at radius 2 is 1.29 bits per heavy atom. The Morgan fingerprint density at radius 1 is 0.680 bits per heavy atom. The summed E-state index contributed by atoms with van der Waals surface area (Å²) in [7, 11) is 0. The molecule has 0 spiro atoms. The molecule has 3 N–H and O–H groups in total. The second-order valence-electron chi connectivity index (χ2n) is 18.3. The number of aryl methyl sites for hydroxylation is 1. The molecule has 0 bridgehead atoms. The molecule has 0 aliphatic carbocycles. The number of esters is 2. The third-order valence-electron chi connectivity index (χ3n) is 12.1. The highest BCUT2D eigenvalue weighted by molar-refractivity contribution is 6.32. The van der Waals surface area contributed by atoms with Crippen LogP contribution in [0.5, 0.6) is 17.2 Å². The Balaban J connectivity index is 1.13. The van der Waals surface area contributed by atoms with Crippen LogP contribution in [0.3, 0.4) is 0 Å². The molecule has 16 nitrogen and oxygen atoms in total. The van der Waals surface area contributed by atoms with E-state index in [0.717, 1.165) is 33.2 Å². The fourth-order valence-electron chi connectivity index (χ4n) is 8.25. The van der Waals surface area contributed by atoms with E-state index >= 15 is 0 Å². The minimum absolute atomic E-state index is 0.0893. The van der Waals surface area contributed by atoms with E-state index in [1.54, 1.807) is 70.4 Å². The quantitative estimate of drug-likeness (QED) is 0.0479. The van der Waals surface area contributed by atoms with Gasteiger partial charge >= 0.3 is 11.9 Å². The molecule has 0 aliphatic rings. The Bertz CT molecular complexity index is 3240. The second kappa shape index (κ2) is 26.1. The van der Waals surface area contributed by atoms with Crippen molar-refractivity contribution in [1.29, 1.82) is 10.5 Å². The largest absolute Gasteiger partial charge is 0.489 e. The van der Waals surface area contributed by atoms with Crippen molar-refractivity contribution in [3.8, 4) is 40.5 Å². The molecule has 2 atom stereocenters. The van der Waals surface area contributed by atoms with E-state index in [4.69, 9.17) is 52.0 Å². The average Bonchev–Trinajstić information content (AvgIpc) is 3.81. The van der Waals surface area contributed by atoms with Crippen LogP contribution in [0.25, 0.3) is 22.0 Å². The number of fused-ring (bicyclic) bond motifs is 1. The van der Waals surface area contributed by atoms with Gasteiger partial charge in [-0.25, -0.2) is 0 Å². The van der Waals surface area contributed by atoms with Crippen LogP contribution in [0.4, 0.5) is 0 Å². The number of carbonyl (C=O) groups excluding carboxylic acids is 2. The van der Waals surface area contributed by atoms with Crippen molar-refractivity contribution in [3.05, 3.63) is 164 Å². The van der Waals surface area contributed by atoms with Gasteiger partial charge in [0.15, 0.2) is 0 Å². The molecule has 4 aromatic carbocycles. The molecular formula is C57H57Cl2N7O9.